The number of benzene rings is 1. The Morgan fingerprint density at radius 1 is 1.17 bits per heavy atom. The predicted octanol–water partition coefficient (Wildman–Crippen LogP) is 3.30. The Hall–Kier alpha value is -1.51. The van der Waals surface area contributed by atoms with Gasteiger partial charge in [-0.2, -0.15) is 0 Å². The number of hydrogen-bond donors (Lipinski definition) is 0. The van der Waals surface area contributed by atoms with Crippen LogP contribution in [0.3, 0.4) is 0 Å². The van der Waals surface area contributed by atoms with Crippen LogP contribution >= 0.6 is 0 Å². The summed E-state index contributed by atoms with van der Waals surface area (Å²) in [6.07, 6.45) is 5.96. The highest BCUT2D eigenvalue weighted by molar-refractivity contribution is 5.89. The van der Waals surface area contributed by atoms with Gasteiger partial charge in [0.15, 0.2) is 0 Å². The van der Waals surface area contributed by atoms with Crippen molar-refractivity contribution in [2.24, 2.45) is 0 Å². The highest BCUT2D eigenvalue weighted by Gasteiger charge is 2.29. The van der Waals surface area contributed by atoms with Gasteiger partial charge in [0.25, 0.3) is 0 Å². The number of fused-ring (bicyclic) bond motifs is 1. The highest BCUT2D eigenvalue weighted by Crippen LogP contribution is 2.28. The number of carbonyl (C=O) groups excluding carboxylic acids is 1. The first kappa shape index (κ1) is 11.6. The molecule has 1 aliphatic carbocycles. The lowest BCUT2D eigenvalue weighted by atomic mass is 10.0. The molecule has 0 aromatic heterocycles. The molecular weight excluding hydrogens is 226 g/mol. The minimum Gasteiger partial charge on any atom is -0.444 e. The fourth-order valence-corrected chi connectivity index (χ4v) is 2.88. The third-order valence-corrected chi connectivity index (χ3v) is 3.86. The van der Waals surface area contributed by atoms with Gasteiger partial charge in [-0.15, -0.1) is 0 Å². The molecule has 0 N–H and O–H groups in total. The molecule has 96 valence electrons. The van der Waals surface area contributed by atoms with E-state index in [0.29, 0.717) is 6.54 Å². The van der Waals surface area contributed by atoms with E-state index in [9.17, 15) is 4.79 Å². The van der Waals surface area contributed by atoms with Gasteiger partial charge in [0.1, 0.15) is 6.10 Å². The summed E-state index contributed by atoms with van der Waals surface area (Å²) in [7, 11) is 0. The Bertz CT molecular complexity index is 470. The first-order valence-electron chi connectivity index (χ1n) is 6.84. The van der Waals surface area contributed by atoms with E-state index in [-0.39, 0.29) is 12.2 Å². The summed E-state index contributed by atoms with van der Waals surface area (Å²) in [6, 6.07) is 6.43. The number of hydrogen-bond acceptors (Lipinski definition) is 2. The Morgan fingerprint density at radius 2 is 1.94 bits per heavy atom. The smallest absolute Gasteiger partial charge is 0.414 e. The fourth-order valence-electron chi connectivity index (χ4n) is 2.88. The molecule has 0 bridgehead atoms. The van der Waals surface area contributed by atoms with Crippen LogP contribution in [-0.2, 0) is 17.6 Å². The van der Waals surface area contributed by atoms with Gasteiger partial charge < -0.3 is 4.74 Å². The summed E-state index contributed by atoms with van der Waals surface area (Å²) < 4.78 is 5.18. The number of aryl methyl sites for hydroxylation is 2. The van der Waals surface area contributed by atoms with Crippen LogP contribution in [0, 0.1) is 0 Å². The number of amides is 1. The molecule has 3 nitrogen and oxygen atoms in total. The molecule has 3 rings (SSSR count). The Morgan fingerprint density at radius 3 is 2.67 bits per heavy atom. The fraction of sp³-hybridized carbons (Fsp3) is 0.533. The van der Waals surface area contributed by atoms with Gasteiger partial charge in [-0.1, -0.05) is 12.5 Å². The molecule has 1 aromatic carbocycles. The van der Waals surface area contributed by atoms with Crippen molar-refractivity contribution in [1.29, 1.82) is 0 Å². The maximum Gasteiger partial charge on any atom is 0.414 e. The average molecular weight is 245 g/mol. The van der Waals surface area contributed by atoms with E-state index >= 15 is 0 Å². The van der Waals surface area contributed by atoms with Crippen LogP contribution in [0.5, 0.6) is 0 Å². The van der Waals surface area contributed by atoms with Gasteiger partial charge in [0.2, 0.25) is 0 Å². The molecule has 1 amide bonds. The number of carbonyl (C=O) groups is 1. The van der Waals surface area contributed by atoms with Crippen LogP contribution in [0.2, 0.25) is 0 Å². The number of anilines is 1. The van der Waals surface area contributed by atoms with Crippen molar-refractivity contribution in [3.63, 3.8) is 0 Å². The van der Waals surface area contributed by atoms with Gasteiger partial charge >= 0.3 is 6.09 Å². The van der Waals surface area contributed by atoms with Gasteiger partial charge in [-0.05, 0) is 55.9 Å². The van der Waals surface area contributed by atoms with Gasteiger partial charge in [-0.25, -0.2) is 4.79 Å². The number of ether oxygens (including phenoxy) is 1. The lowest BCUT2D eigenvalue weighted by molar-refractivity contribution is 0.150. The minimum absolute atomic E-state index is 0.00342. The van der Waals surface area contributed by atoms with Crippen LogP contribution in [-0.4, -0.2) is 18.7 Å². The summed E-state index contributed by atoms with van der Waals surface area (Å²) >= 11 is 0. The molecule has 0 spiro atoms. The zero-order chi connectivity index (χ0) is 12.5. The SMILES string of the molecule is CC1CN(c2ccc3c(c2)CCCCC3)C(=O)O1. The second-order valence-electron chi connectivity index (χ2n) is 5.32. The molecule has 18 heavy (non-hydrogen) atoms. The van der Waals surface area contributed by atoms with Crippen molar-refractivity contribution in [3.8, 4) is 0 Å². The van der Waals surface area contributed by atoms with Crippen LogP contribution in [0.1, 0.15) is 37.3 Å². The first-order chi connectivity index (χ1) is 8.74. The Kier molecular flexibility index (Phi) is 2.98. The summed E-state index contributed by atoms with van der Waals surface area (Å²) in [5.41, 5.74) is 3.86. The topological polar surface area (TPSA) is 29.5 Å². The van der Waals surface area contributed by atoms with Crippen molar-refractivity contribution in [1.82, 2.24) is 0 Å². The zero-order valence-corrected chi connectivity index (χ0v) is 10.8. The molecule has 1 fully saturated rings. The van der Waals surface area contributed by atoms with Crippen molar-refractivity contribution >= 4 is 11.8 Å². The number of nitrogens with zero attached hydrogens (tertiary/aromatic N) is 1. The molecule has 2 aliphatic rings. The molecule has 1 unspecified atom stereocenters. The minimum atomic E-state index is -0.212. The molecule has 0 saturated carbocycles. The Balaban J connectivity index is 1.90. The summed E-state index contributed by atoms with van der Waals surface area (Å²) in [6.45, 7) is 2.60. The summed E-state index contributed by atoms with van der Waals surface area (Å²) in [5, 5.41) is 0. The zero-order valence-electron chi connectivity index (χ0n) is 10.8. The first-order valence-corrected chi connectivity index (χ1v) is 6.84. The Labute approximate surface area is 108 Å². The average Bonchev–Trinajstić information content (AvgIpc) is 2.58. The van der Waals surface area contributed by atoms with E-state index in [1.807, 2.05) is 6.92 Å². The third-order valence-electron chi connectivity index (χ3n) is 3.86. The van der Waals surface area contributed by atoms with E-state index in [2.05, 4.69) is 18.2 Å². The molecule has 1 atom stereocenters. The van der Waals surface area contributed by atoms with Crippen molar-refractivity contribution in [2.45, 2.75) is 45.1 Å². The number of rotatable bonds is 1. The maximum absolute atomic E-state index is 11.7. The van der Waals surface area contributed by atoms with E-state index in [1.165, 1.54) is 36.8 Å². The van der Waals surface area contributed by atoms with Crippen LogP contribution in [0.4, 0.5) is 10.5 Å². The standard InChI is InChI=1S/C15H19NO2/c1-11-10-16(15(17)18-11)14-8-7-12-5-3-2-4-6-13(12)9-14/h7-9,11H,2-6,10H2,1H3. The molecule has 3 heteroatoms. The maximum atomic E-state index is 11.7. The second-order valence-corrected chi connectivity index (χ2v) is 5.32. The second kappa shape index (κ2) is 4.63. The molecule has 1 saturated heterocycles. The van der Waals surface area contributed by atoms with E-state index < -0.39 is 0 Å². The lowest BCUT2D eigenvalue weighted by Gasteiger charge is -2.15. The lowest BCUT2D eigenvalue weighted by Crippen LogP contribution is -2.24. The number of cyclic esters (lactones) is 1. The summed E-state index contributed by atoms with van der Waals surface area (Å²) in [5.74, 6) is 0. The molecule has 1 aromatic rings. The van der Waals surface area contributed by atoms with Crippen molar-refractivity contribution in [3.05, 3.63) is 29.3 Å². The van der Waals surface area contributed by atoms with Crippen LogP contribution in [0.25, 0.3) is 0 Å². The van der Waals surface area contributed by atoms with Crippen molar-refractivity contribution in [2.75, 3.05) is 11.4 Å². The summed E-state index contributed by atoms with van der Waals surface area (Å²) in [4.78, 5) is 13.5. The third kappa shape index (κ3) is 2.09. The van der Waals surface area contributed by atoms with Crippen LogP contribution in [0.15, 0.2) is 18.2 Å². The van der Waals surface area contributed by atoms with Gasteiger partial charge in [-0.3, -0.25) is 4.90 Å². The normalized spacial score (nSPS) is 23.5. The van der Waals surface area contributed by atoms with Crippen molar-refractivity contribution < 1.29 is 9.53 Å². The van der Waals surface area contributed by atoms with E-state index in [0.717, 1.165) is 12.1 Å². The predicted molar refractivity (Wildman–Crippen MR) is 71.0 cm³/mol. The van der Waals surface area contributed by atoms with Gasteiger partial charge in [0.05, 0.1) is 6.54 Å². The molecular formula is C15H19NO2. The van der Waals surface area contributed by atoms with Crippen LogP contribution < -0.4 is 4.90 Å². The molecule has 1 aliphatic heterocycles. The highest BCUT2D eigenvalue weighted by atomic mass is 16.6. The monoisotopic (exact) mass is 245 g/mol. The largest absolute Gasteiger partial charge is 0.444 e. The molecule has 0 radical (unpaired) electrons. The van der Waals surface area contributed by atoms with E-state index in [1.54, 1.807) is 4.90 Å². The quantitative estimate of drug-likeness (QED) is 0.710. The van der Waals surface area contributed by atoms with Gasteiger partial charge in [0, 0.05) is 5.69 Å². The molecule has 1 heterocycles. The van der Waals surface area contributed by atoms with E-state index in [4.69, 9.17) is 4.74 Å².